The van der Waals surface area contributed by atoms with Crippen LogP contribution in [0.4, 0.5) is 5.69 Å². The van der Waals surface area contributed by atoms with Gasteiger partial charge < -0.3 is 10.0 Å². The van der Waals surface area contributed by atoms with Crippen LogP contribution in [0.5, 0.6) is 0 Å². The Kier molecular flexibility index (Phi) is 5.74. The van der Waals surface area contributed by atoms with Gasteiger partial charge in [0, 0.05) is 24.3 Å². The first kappa shape index (κ1) is 17.0. The Hall–Kier alpha value is -2.36. The molecular formula is C19H23NO3. The maximum absolute atomic E-state index is 12.6. The van der Waals surface area contributed by atoms with Gasteiger partial charge in [0.15, 0.2) is 0 Å². The molecule has 23 heavy (non-hydrogen) atoms. The molecule has 0 saturated heterocycles. The Morgan fingerprint density at radius 2 is 1.74 bits per heavy atom. The molecule has 0 heterocycles. The molecule has 0 fully saturated rings. The second-order valence-electron chi connectivity index (χ2n) is 5.99. The van der Waals surface area contributed by atoms with Crippen molar-refractivity contribution in [3.63, 3.8) is 0 Å². The number of rotatable bonds is 7. The third kappa shape index (κ3) is 4.31. The normalized spacial score (nSPS) is 10.9. The minimum Gasteiger partial charge on any atom is -0.481 e. The number of anilines is 1. The average molecular weight is 313 g/mol. The van der Waals surface area contributed by atoms with Crippen molar-refractivity contribution in [3.8, 4) is 0 Å². The highest BCUT2D eigenvalue weighted by Crippen LogP contribution is 2.28. The van der Waals surface area contributed by atoms with Gasteiger partial charge >= 0.3 is 5.97 Å². The lowest BCUT2D eigenvalue weighted by molar-refractivity contribution is -0.137. The summed E-state index contributed by atoms with van der Waals surface area (Å²) in [5.41, 5.74) is 0.900. The second-order valence-corrected chi connectivity index (χ2v) is 5.99. The number of nitrogens with zero attached hydrogens (tertiary/aromatic N) is 1. The predicted octanol–water partition coefficient (Wildman–Crippen LogP) is 4.08. The molecule has 0 atom stereocenters. The zero-order valence-electron chi connectivity index (χ0n) is 13.7. The third-order valence-electron chi connectivity index (χ3n) is 3.84. The van der Waals surface area contributed by atoms with Crippen LogP contribution in [0.25, 0.3) is 10.8 Å². The molecule has 0 aliphatic heterocycles. The van der Waals surface area contributed by atoms with E-state index in [0.717, 1.165) is 16.5 Å². The van der Waals surface area contributed by atoms with Gasteiger partial charge in [-0.1, -0.05) is 50.2 Å². The fourth-order valence-corrected chi connectivity index (χ4v) is 2.65. The molecule has 2 aromatic rings. The van der Waals surface area contributed by atoms with E-state index in [1.165, 1.54) is 0 Å². The predicted molar refractivity (Wildman–Crippen MR) is 92.6 cm³/mol. The summed E-state index contributed by atoms with van der Waals surface area (Å²) in [6.07, 6.45) is 1.38. The van der Waals surface area contributed by atoms with Crippen molar-refractivity contribution in [1.82, 2.24) is 0 Å². The fourth-order valence-electron chi connectivity index (χ4n) is 2.65. The van der Waals surface area contributed by atoms with Crippen LogP contribution in [0.15, 0.2) is 42.5 Å². The van der Waals surface area contributed by atoms with Crippen molar-refractivity contribution in [2.75, 3.05) is 11.4 Å². The van der Waals surface area contributed by atoms with Crippen molar-refractivity contribution in [3.05, 3.63) is 42.5 Å². The van der Waals surface area contributed by atoms with Crippen molar-refractivity contribution in [2.45, 2.75) is 33.1 Å². The summed E-state index contributed by atoms with van der Waals surface area (Å²) < 4.78 is 0. The summed E-state index contributed by atoms with van der Waals surface area (Å²) in [6.45, 7) is 4.31. The van der Waals surface area contributed by atoms with Crippen LogP contribution in [0.3, 0.4) is 0 Å². The first-order valence-corrected chi connectivity index (χ1v) is 8.01. The molecule has 0 radical (unpaired) electrons. The Morgan fingerprint density at radius 3 is 2.43 bits per heavy atom. The number of unbranched alkanes of at least 4 members (excludes halogenated alkanes) is 1. The molecule has 2 rings (SSSR count). The summed E-state index contributed by atoms with van der Waals surface area (Å²) in [7, 11) is 0. The number of hydrogen-bond donors (Lipinski definition) is 1. The number of carbonyl (C=O) groups is 2. The SMILES string of the molecule is CC(C)C(=O)N(CCCCC(=O)O)c1cccc2ccccc12. The number of benzene rings is 2. The Labute approximate surface area is 136 Å². The van der Waals surface area contributed by atoms with Crippen LogP contribution in [-0.2, 0) is 9.59 Å². The van der Waals surface area contributed by atoms with Crippen molar-refractivity contribution in [2.24, 2.45) is 5.92 Å². The van der Waals surface area contributed by atoms with Gasteiger partial charge in [0.25, 0.3) is 0 Å². The molecule has 0 aliphatic rings. The van der Waals surface area contributed by atoms with Gasteiger partial charge in [0.1, 0.15) is 0 Å². The Bertz CT molecular complexity index is 689. The molecule has 0 saturated carbocycles. The van der Waals surface area contributed by atoms with Crippen LogP contribution in [0.1, 0.15) is 33.1 Å². The molecule has 1 amide bonds. The van der Waals surface area contributed by atoms with Gasteiger partial charge in [-0.2, -0.15) is 0 Å². The first-order valence-electron chi connectivity index (χ1n) is 8.01. The van der Waals surface area contributed by atoms with Crippen LogP contribution in [0.2, 0.25) is 0 Å². The van der Waals surface area contributed by atoms with Gasteiger partial charge in [0.2, 0.25) is 5.91 Å². The van der Waals surface area contributed by atoms with E-state index in [9.17, 15) is 9.59 Å². The second kappa shape index (κ2) is 7.77. The number of carboxylic acids is 1. The molecule has 0 spiro atoms. The molecule has 2 aromatic carbocycles. The van der Waals surface area contributed by atoms with Crippen molar-refractivity contribution < 1.29 is 14.7 Å². The van der Waals surface area contributed by atoms with E-state index < -0.39 is 5.97 Å². The van der Waals surface area contributed by atoms with Gasteiger partial charge in [-0.15, -0.1) is 0 Å². The van der Waals surface area contributed by atoms with Gasteiger partial charge in [0.05, 0.1) is 5.69 Å². The summed E-state index contributed by atoms with van der Waals surface area (Å²) >= 11 is 0. The summed E-state index contributed by atoms with van der Waals surface area (Å²) in [5.74, 6) is -0.831. The zero-order chi connectivity index (χ0) is 16.8. The largest absolute Gasteiger partial charge is 0.481 e. The molecule has 0 unspecified atom stereocenters. The van der Waals surface area contributed by atoms with Crippen molar-refractivity contribution in [1.29, 1.82) is 0 Å². The lowest BCUT2D eigenvalue weighted by Crippen LogP contribution is -2.35. The molecule has 122 valence electrons. The topological polar surface area (TPSA) is 57.6 Å². The number of amides is 1. The third-order valence-corrected chi connectivity index (χ3v) is 3.84. The number of carbonyl (C=O) groups excluding carboxylic acids is 1. The lowest BCUT2D eigenvalue weighted by Gasteiger charge is -2.26. The van der Waals surface area contributed by atoms with Crippen molar-refractivity contribution >= 4 is 28.3 Å². The fraction of sp³-hybridized carbons (Fsp3) is 0.368. The van der Waals surface area contributed by atoms with Crippen LogP contribution in [-0.4, -0.2) is 23.5 Å². The van der Waals surface area contributed by atoms with Gasteiger partial charge in [-0.3, -0.25) is 9.59 Å². The summed E-state index contributed by atoms with van der Waals surface area (Å²) in [6, 6.07) is 13.9. The average Bonchev–Trinajstić information content (AvgIpc) is 2.54. The van der Waals surface area contributed by atoms with Crippen LogP contribution >= 0.6 is 0 Å². The Morgan fingerprint density at radius 1 is 1.04 bits per heavy atom. The molecule has 0 aromatic heterocycles. The molecule has 0 aliphatic carbocycles. The summed E-state index contributed by atoms with van der Waals surface area (Å²) in [5, 5.41) is 10.9. The van der Waals surface area contributed by atoms with E-state index in [1.54, 1.807) is 4.90 Å². The standard InChI is InChI=1S/C19H23NO3/c1-14(2)19(23)20(13-6-5-12-18(21)22)17-11-7-9-15-8-3-4-10-16(15)17/h3-4,7-11,14H,5-6,12-13H2,1-2H3,(H,21,22). The van der Waals surface area contributed by atoms with E-state index in [-0.39, 0.29) is 18.2 Å². The molecule has 1 N–H and O–H groups in total. The molecule has 4 nitrogen and oxygen atoms in total. The van der Waals surface area contributed by atoms with E-state index in [2.05, 4.69) is 0 Å². The smallest absolute Gasteiger partial charge is 0.303 e. The minimum absolute atomic E-state index is 0.0664. The molecule has 0 bridgehead atoms. The van der Waals surface area contributed by atoms with Gasteiger partial charge in [-0.05, 0) is 24.3 Å². The maximum atomic E-state index is 12.6. The number of hydrogen-bond acceptors (Lipinski definition) is 2. The molecular weight excluding hydrogens is 290 g/mol. The lowest BCUT2D eigenvalue weighted by atomic mass is 10.1. The van der Waals surface area contributed by atoms with Gasteiger partial charge in [-0.25, -0.2) is 0 Å². The molecule has 4 heteroatoms. The van der Waals surface area contributed by atoms with E-state index in [0.29, 0.717) is 19.4 Å². The van der Waals surface area contributed by atoms with Crippen LogP contribution in [0, 0.1) is 5.92 Å². The minimum atomic E-state index is -0.795. The monoisotopic (exact) mass is 313 g/mol. The van der Waals surface area contributed by atoms with E-state index >= 15 is 0 Å². The number of carboxylic acid groups (broad SMARTS) is 1. The summed E-state index contributed by atoms with van der Waals surface area (Å²) in [4.78, 5) is 25.1. The highest BCUT2D eigenvalue weighted by atomic mass is 16.4. The number of fused-ring (bicyclic) bond motifs is 1. The number of aliphatic carboxylic acids is 1. The highest BCUT2D eigenvalue weighted by molar-refractivity contribution is 6.04. The maximum Gasteiger partial charge on any atom is 0.303 e. The van der Waals surface area contributed by atoms with Crippen LogP contribution < -0.4 is 4.90 Å². The van der Waals surface area contributed by atoms with E-state index in [1.807, 2.05) is 56.3 Å². The van der Waals surface area contributed by atoms with E-state index in [4.69, 9.17) is 5.11 Å². The first-order chi connectivity index (χ1) is 11.0. The highest BCUT2D eigenvalue weighted by Gasteiger charge is 2.20. The zero-order valence-corrected chi connectivity index (χ0v) is 13.7. The quantitative estimate of drug-likeness (QED) is 0.783. The Balaban J connectivity index is 2.28.